The van der Waals surface area contributed by atoms with Crippen molar-refractivity contribution in [3.8, 4) is 0 Å². The second-order valence-electron chi connectivity index (χ2n) is 7.63. The van der Waals surface area contributed by atoms with Gasteiger partial charge in [-0.05, 0) is 49.8 Å². The standard InChI is InChI=1S/C23H23Cl2N3OS/c1-15-13-27(14-17-5-7-19-20(24)9-10-26-21(19)12-17)23(29)16(2)28(15)11-3-4-18-6-8-22(25)30-18/h3-10,12,15-16H,11,13-14H2,1-2H3/t15-,16-/m0/s1. The molecule has 3 heterocycles. The summed E-state index contributed by atoms with van der Waals surface area (Å²) in [5.74, 6) is 0.153. The molecular formula is C23H23Cl2N3OS. The lowest BCUT2D eigenvalue weighted by atomic mass is 10.0. The SMILES string of the molecule is C[C@H]1CN(Cc2ccc3c(Cl)ccnc3c2)C(=O)[C@H](C)N1CC=Cc1ccc(Cl)s1. The summed E-state index contributed by atoms with van der Waals surface area (Å²) in [6, 6.07) is 11.8. The minimum atomic E-state index is -0.168. The first-order valence-corrected chi connectivity index (χ1v) is 11.5. The lowest BCUT2D eigenvalue weighted by Crippen LogP contribution is -2.59. The van der Waals surface area contributed by atoms with Crippen molar-refractivity contribution in [2.45, 2.75) is 32.5 Å². The highest BCUT2D eigenvalue weighted by Crippen LogP contribution is 2.25. The van der Waals surface area contributed by atoms with Crippen LogP contribution in [0.5, 0.6) is 0 Å². The first kappa shape index (κ1) is 21.3. The van der Waals surface area contributed by atoms with Gasteiger partial charge in [0.05, 0.1) is 20.9 Å². The Hall–Kier alpha value is -1.92. The van der Waals surface area contributed by atoms with E-state index in [2.05, 4.69) is 29.0 Å². The predicted molar refractivity (Wildman–Crippen MR) is 126 cm³/mol. The topological polar surface area (TPSA) is 36.4 Å². The average Bonchev–Trinajstić information content (AvgIpc) is 3.14. The predicted octanol–water partition coefficient (Wildman–Crippen LogP) is 5.74. The molecule has 3 aromatic rings. The molecule has 1 aliphatic heterocycles. The molecule has 4 rings (SSSR count). The second kappa shape index (κ2) is 9.06. The maximum absolute atomic E-state index is 13.0. The van der Waals surface area contributed by atoms with Crippen LogP contribution in [0, 0.1) is 0 Å². The van der Waals surface area contributed by atoms with E-state index in [-0.39, 0.29) is 18.0 Å². The van der Waals surface area contributed by atoms with Crippen LogP contribution in [0.1, 0.15) is 24.3 Å². The van der Waals surface area contributed by atoms with E-state index in [1.807, 2.05) is 42.2 Å². The number of piperazine rings is 1. The van der Waals surface area contributed by atoms with Crippen molar-refractivity contribution in [2.75, 3.05) is 13.1 Å². The van der Waals surface area contributed by atoms with E-state index in [1.54, 1.807) is 23.6 Å². The molecule has 1 aliphatic rings. The number of thiophene rings is 1. The number of fused-ring (bicyclic) bond motifs is 1. The number of aromatic nitrogens is 1. The number of rotatable bonds is 5. The summed E-state index contributed by atoms with van der Waals surface area (Å²) < 4.78 is 0.784. The van der Waals surface area contributed by atoms with E-state index < -0.39 is 0 Å². The normalized spacial score (nSPS) is 20.5. The summed E-state index contributed by atoms with van der Waals surface area (Å²) in [5.41, 5.74) is 1.92. The van der Waals surface area contributed by atoms with Crippen LogP contribution in [0.4, 0.5) is 0 Å². The van der Waals surface area contributed by atoms with Gasteiger partial charge in [0.1, 0.15) is 0 Å². The Morgan fingerprint density at radius 3 is 2.80 bits per heavy atom. The van der Waals surface area contributed by atoms with Gasteiger partial charge in [-0.15, -0.1) is 11.3 Å². The highest BCUT2D eigenvalue weighted by molar-refractivity contribution is 7.16. The van der Waals surface area contributed by atoms with E-state index >= 15 is 0 Å². The van der Waals surface area contributed by atoms with Gasteiger partial charge in [0.2, 0.25) is 5.91 Å². The molecule has 1 amide bonds. The molecule has 0 radical (unpaired) electrons. The Morgan fingerprint density at radius 1 is 1.20 bits per heavy atom. The number of benzene rings is 1. The Labute approximate surface area is 190 Å². The van der Waals surface area contributed by atoms with Gasteiger partial charge in [-0.25, -0.2) is 0 Å². The molecule has 1 fully saturated rings. The Bertz CT molecular complexity index is 1100. The van der Waals surface area contributed by atoms with Gasteiger partial charge in [-0.1, -0.05) is 41.4 Å². The van der Waals surface area contributed by atoms with Crippen molar-refractivity contribution < 1.29 is 4.79 Å². The Balaban J connectivity index is 1.43. The van der Waals surface area contributed by atoms with Gasteiger partial charge < -0.3 is 4.90 Å². The molecule has 4 nitrogen and oxygen atoms in total. The molecule has 7 heteroatoms. The quantitative estimate of drug-likeness (QED) is 0.488. The minimum Gasteiger partial charge on any atom is -0.335 e. The molecule has 0 bridgehead atoms. The van der Waals surface area contributed by atoms with Crippen LogP contribution in [0.15, 0.2) is 48.7 Å². The van der Waals surface area contributed by atoms with Crippen molar-refractivity contribution in [3.63, 3.8) is 0 Å². The van der Waals surface area contributed by atoms with Crippen LogP contribution < -0.4 is 0 Å². The van der Waals surface area contributed by atoms with Gasteiger partial charge >= 0.3 is 0 Å². The molecule has 0 N–H and O–H groups in total. The molecular weight excluding hydrogens is 437 g/mol. The smallest absolute Gasteiger partial charge is 0.240 e. The van der Waals surface area contributed by atoms with Gasteiger partial charge in [-0.2, -0.15) is 0 Å². The third kappa shape index (κ3) is 4.54. The van der Waals surface area contributed by atoms with E-state index in [9.17, 15) is 4.79 Å². The van der Waals surface area contributed by atoms with E-state index in [0.717, 1.165) is 32.2 Å². The Morgan fingerprint density at radius 2 is 2.03 bits per heavy atom. The molecule has 2 aromatic heterocycles. The lowest BCUT2D eigenvalue weighted by molar-refractivity contribution is -0.144. The number of hydrogen-bond acceptors (Lipinski definition) is 4. The van der Waals surface area contributed by atoms with E-state index in [0.29, 0.717) is 18.1 Å². The molecule has 2 atom stereocenters. The highest BCUT2D eigenvalue weighted by Gasteiger charge is 2.35. The summed E-state index contributed by atoms with van der Waals surface area (Å²) in [4.78, 5) is 22.8. The third-order valence-electron chi connectivity index (χ3n) is 5.54. The first-order valence-electron chi connectivity index (χ1n) is 9.92. The molecule has 0 saturated carbocycles. The van der Waals surface area contributed by atoms with Crippen LogP contribution in [0.3, 0.4) is 0 Å². The fraction of sp³-hybridized carbons (Fsp3) is 0.304. The van der Waals surface area contributed by atoms with Crippen LogP contribution in [0.25, 0.3) is 17.0 Å². The van der Waals surface area contributed by atoms with E-state index in [4.69, 9.17) is 23.2 Å². The number of carbonyl (C=O) groups is 1. The molecule has 0 aliphatic carbocycles. The first-order chi connectivity index (χ1) is 14.4. The number of nitrogens with zero attached hydrogens (tertiary/aromatic N) is 3. The molecule has 1 saturated heterocycles. The molecule has 30 heavy (non-hydrogen) atoms. The minimum absolute atomic E-state index is 0.153. The number of amides is 1. The lowest BCUT2D eigenvalue weighted by Gasteiger charge is -2.43. The zero-order chi connectivity index (χ0) is 21.3. The highest BCUT2D eigenvalue weighted by atomic mass is 35.5. The summed E-state index contributed by atoms with van der Waals surface area (Å²) in [7, 11) is 0. The zero-order valence-corrected chi connectivity index (χ0v) is 19.2. The van der Waals surface area contributed by atoms with Crippen molar-refractivity contribution in [2.24, 2.45) is 0 Å². The van der Waals surface area contributed by atoms with Crippen LogP contribution in [-0.2, 0) is 11.3 Å². The number of halogens is 2. The van der Waals surface area contributed by atoms with Gasteiger partial charge in [0.25, 0.3) is 0 Å². The van der Waals surface area contributed by atoms with Crippen molar-refractivity contribution in [1.29, 1.82) is 0 Å². The number of carbonyl (C=O) groups excluding carboxylic acids is 1. The summed E-state index contributed by atoms with van der Waals surface area (Å²) in [6.45, 7) is 6.17. The fourth-order valence-corrected chi connectivity index (χ4v) is 5.18. The largest absolute Gasteiger partial charge is 0.335 e. The maximum atomic E-state index is 13.0. The molecule has 1 aromatic carbocycles. The monoisotopic (exact) mass is 459 g/mol. The fourth-order valence-electron chi connectivity index (χ4n) is 3.97. The molecule has 0 unspecified atom stereocenters. The van der Waals surface area contributed by atoms with Crippen molar-refractivity contribution >= 4 is 57.4 Å². The summed E-state index contributed by atoms with van der Waals surface area (Å²) >= 11 is 13.8. The summed E-state index contributed by atoms with van der Waals surface area (Å²) in [5, 5.41) is 1.62. The molecule has 0 spiro atoms. The Kier molecular flexibility index (Phi) is 6.44. The second-order valence-corrected chi connectivity index (χ2v) is 9.78. The van der Waals surface area contributed by atoms with Gasteiger partial charge in [0, 0.05) is 42.1 Å². The molecule has 156 valence electrons. The average molecular weight is 460 g/mol. The van der Waals surface area contributed by atoms with Crippen LogP contribution in [-0.4, -0.2) is 45.9 Å². The zero-order valence-electron chi connectivity index (χ0n) is 16.9. The third-order valence-corrected chi connectivity index (χ3v) is 7.06. The van der Waals surface area contributed by atoms with Crippen LogP contribution in [0.2, 0.25) is 9.36 Å². The van der Waals surface area contributed by atoms with E-state index in [1.165, 1.54) is 0 Å². The summed E-state index contributed by atoms with van der Waals surface area (Å²) in [6.07, 6.45) is 5.89. The van der Waals surface area contributed by atoms with Gasteiger partial charge in [0.15, 0.2) is 0 Å². The van der Waals surface area contributed by atoms with Crippen LogP contribution >= 0.6 is 34.5 Å². The number of pyridine rings is 1. The van der Waals surface area contributed by atoms with Crippen molar-refractivity contribution in [1.82, 2.24) is 14.8 Å². The maximum Gasteiger partial charge on any atom is 0.240 e. The number of hydrogen-bond donors (Lipinski definition) is 0. The van der Waals surface area contributed by atoms with Crippen molar-refractivity contribution in [3.05, 3.63) is 68.5 Å². The van der Waals surface area contributed by atoms with Gasteiger partial charge in [-0.3, -0.25) is 14.7 Å².